The molecule has 1 aromatic heterocycles. The molecule has 1 aromatic carbocycles. The monoisotopic (exact) mass is 210 g/mol. The lowest BCUT2D eigenvalue weighted by Gasteiger charge is -1.95. The van der Waals surface area contributed by atoms with E-state index in [-0.39, 0.29) is 6.08 Å². The first kappa shape index (κ1) is 9.02. The maximum atomic E-state index is 5.95. The molecule has 14 heavy (non-hydrogen) atoms. The van der Waals surface area contributed by atoms with Gasteiger partial charge in [-0.05, 0) is 12.1 Å². The third kappa shape index (κ3) is 1.56. The normalized spacial score (nSPS) is 10.1. The van der Waals surface area contributed by atoms with Crippen LogP contribution < -0.4 is 4.74 Å². The van der Waals surface area contributed by atoms with Crippen molar-refractivity contribution in [2.24, 2.45) is 0 Å². The van der Waals surface area contributed by atoms with Crippen LogP contribution >= 0.6 is 11.6 Å². The molecule has 0 aliphatic carbocycles. The lowest BCUT2D eigenvalue weighted by Crippen LogP contribution is -1.83. The van der Waals surface area contributed by atoms with Crippen molar-refractivity contribution in [2.45, 2.75) is 0 Å². The van der Waals surface area contributed by atoms with E-state index in [1.165, 1.54) is 7.11 Å². The highest BCUT2D eigenvalue weighted by Crippen LogP contribution is 2.25. The van der Waals surface area contributed by atoms with Gasteiger partial charge in [0.1, 0.15) is 0 Å². The molecule has 1 heterocycles. The highest BCUT2D eigenvalue weighted by atomic mass is 35.5. The van der Waals surface area contributed by atoms with Crippen LogP contribution in [0, 0.1) is 0 Å². The Bertz CT molecular complexity index is 442. The Labute approximate surface area is 85.5 Å². The van der Waals surface area contributed by atoms with Crippen LogP contribution in [0.3, 0.4) is 0 Å². The summed E-state index contributed by atoms with van der Waals surface area (Å²) in [5.74, 6) is 0.424. The Morgan fingerprint density at radius 1 is 1.36 bits per heavy atom. The zero-order chi connectivity index (χ0) is 9.97. The number of rotatable bonds is 2. The highest BCUT2D eigenvalue weighted by molar-refractivity contribution is 6.33. The maximum absolute atomic E-state index is 5.95. The predicted octanol–water partition coefficient (Wildman–Crippen LogP) is 2.40. The lowest BCUT2D eigenvalue weighted by atomic mass is 10.2. The quantitative estimate of drug-likeness (QED) is 0.764. The third-order valence-electron chi connectivity index (χ3n) is 1.70. The lowest BCUT2D eigenvalue weighted by molar-refractivity contribution is 0.250. The number of methoxy groups -OCH3 is 1. The molecule has 4 nitrogen and oxygen atoms in total. The fraction of sp³-hybridized carbons (Fsp3) is 0.111. The van der Waals surface area contributed by atoms with E-state index in [1.807, 2.05) is 18.2 Å². The van der Waals surface area contributed by atoms with Crippen molar-refractivity contribution in [3.63, 3.8) is 0 Å². The Hall–Kier alpha value is -1.55. The van der Waals surface area contributed by atoms with E-state index in [1.54, 1.807) is 6.07 Å². The minimum atomic E-state index is 0.125. The molecule has 0 saturated carbocycles. The third-order valence-corrected chi connectivity index (χ3v) is 2.03. The first-order valence-electron chi connectivity index (χ1n) is 3.94. The van der Waals surface area contributed by atoms with E-state index in [4.69, 9.17) is 20.9 Å². The van der Waals surface area contributed by atoms with Crippen LogP contribution in [0.25, 0.3) is 11.4 Å². The molecule has 72 valence electrons. The van der Waals surface area contributed by atoms with Crippen molar-refractivity contribution in [3.8, 4) is 17.5 Å². The molecule has 0 aliphatic heterocycles. The van der Waals surface area contributed by atoms with Crippen molar-refractivity contribution < 1.29 is 9.26 Å². The molecule has 0 atom stereocenters. The highest BCUT2D eigenvalue weighted by Gasteiger charge is 2.10. The molecular weight excluding hydrogens is 204 g/mol. The van der Waals surface area contributed by atoms with E-state index in [9.17, 15) is 0 Å². The second-order valence-electron chi connectivity index (χ2n) is 2.57. The molecule has 0 saturated heterocycles. The molecule has 0 spiro atoms. The van der Waals surface area contributed by atoms with Gasteiger partial charge in [-0.2, -0.15) is 4.98 Å². The van der Waals surface area contributed by atoms with Crippen molar-refractivity contribution in [1.29, 1.82) is 0 Å². The number of halogens is 1. The molecule has 0 aliphatic rings. The van der Waals surface area contributed by atoms with Gasteiger partial charge in [0, 0.05) is 5.56 Å². The average molecular weight is 211 g/mol. The molecule has 0 N–H and O–H groups in total. The SMILES string of the molecule is COc1nc(-c2ccccc2Cl)no1. The van der Waals surface area contributed by atoms with Crippen molar-refractivity contribution >= 4 is 11.6 Å². The summed E-state index contributed by atoms with van der Waals surface area (Å²) >= 11 is 5.95. The molecule has 0 fully saturated rings. The van der Waals surface area contributed by atoms with Gasteiger partial charge in [-0.25, -0.2) is 0 Å². The van der Waals surface area contributed by atoms with Crippen LogP contribution in [-0.4, -0.2) is 17.3 Å². The predicted molar refractivity (Wildman–Crippen MR) is 51.3 cm³/mol. The van der Waals surface area contributed by atoms with Gasteiger partial charge in [-0.1, -0.05) is 28.9 Å². The second kappa shape index (κ2) is 3.67. The van der Waals surface area contributed by atoms with E-state index in [0.717, 1.165) is 5.56 Å². The second-order valence-corrected chi connectivity index (χ2v) is 2.98. The zero-order valence-electron chi connectivity index (χ0n) is 7.40. The number of aromatic nitrogens is 2. The number of ether oxygens (including phenoxy) is 1. The van der Waals surface area contributed by atoms with Crippen LogP contribution in [0.5, 0.6) is 6.08 Å². The Kier molecular flexibility index (Phi) is 2.37. The first-order chi connectivity index (χ1) is 6.81. The fourth-order valence-corrected chi connectivity index (χ4v) is 1.26. The zero-order valence-corrected chi connectivity index (χ0v) is 8.15. The van der Waals surface area contributed by atoms with Crippen LogP contribution in [0.2, 0.25) is 5.02 Å². The van der Waals surface area contributed by atoms with Gasteiger partial charge < -0.3 is 4.74 Å². The molecule has 0 bridgehead atoms. The fourth-order valence-electron chi connectivity index (χ4n) is 1.04. The number of hydrogen-bond donors (Lipinski definition) is 0. The topological polar surface area (TPSA) is 48.2 Å². The van der Waals surface area contributed by atoms with Crippen molar-refractivity contribution in [2.75, 3.05) is 7.11 Å². The number of benzene rings is 1. The standard InChI is InChI=1S/C9H7ClN2O2/c1-13-9-11-8(12-14-9)6-4-2-3-5-7(6)10/h2-5H,1H3. The summed E-state index contributed by atoms with van der Waals surface area (Å²) in [5.41, 5.74) is 0.723. The molecule has 0 amide bonds. The number of nitrogens with zero attached hydrogens (tertiary/aromatic N) is 2. The van der Waals surface area contributed by atoms with Crippen LogP contribution in [-0.2, 0) is 0 Å². The van der Waals surface area contributed by atoms with E-state index in [2.05, 4.69) is 10.1 Å². The van der Waals surface area contributed by atoms with Gasteiger partial charge in [0.05, 0.1) is 12.1 Å². The molecule has 0 unspecified atom stereocenters. The summed E-state index contributed by atoms with van der Waals surface area (Å²) in [6, 6.07) is 7.26. The summed E-state index contributed by atoms with van der Waals surface area (Å²) in [6.45, 7) is 0. The average Bonchev–Trinajstić information content (AvgIpc) is 2.67. The van der Waals surface area contributed by atoms with Crippen molar-refractivity contribution in [3.05, 3.63) is 29.3 Å². The molecule has 0 radical (unpaired) electrons. The van der Waals surface area contributed by atoms with Crippen LogP contribution in [0.15, 0.2) is 28.8 Å². The summed E-state index contributed by atoms with van der Waals surface area (Å²) in [7, 11) is 1.46. The van der Waals surface area contributed by atoms with Gasteiger partial charge in [0.15, 0.2) is 0 Å². The minimum Gasteiger partial charge on any atom is -0.452 e. The summed E-state index contributed by atoms with van der Waals surface area (Å²) in [4.78, 5) is 3.98. The maximum Gasteiger partial charge on any atom is 0.417 e. The van der Waals surface area contributed by atoms with Gasteiger partial charge in [0.25, 0.3) is 0 Å². The smallest absolute Gasteiger partial charge is 0.417 e. The molecule has 2 aromatic rings. The molecule has 2 rings (SSSR count). The van der Waals surface area contributed by atoms with E-state index < -0.39 is 0 Å². The van der Waals surface area contributed by atoms with Crippen LogP contribution in [0.4, 0.5) is 0 Å². The summed E-state index contributed by atoms with van der Waals surface area (Å²) < 4.78 is 9.55. The Morgan fingerprint density at radius 3 is 2.79 bits per heavy atom. The van der Waals surface area contributed by atoms with Crippen LogP contribution in [0.1, 0.15) is 0 Å². The first-order valence-corrected chi connectivity index (χ1v) is 4.31. The Balaban J connectivity index is 2.44. The summed E-state index contributed by atoms with van der Waals surface area (Å²) in [5, 5.41) is 4.30. The number of hydrogen-bond acceptors (Lipinski definition) is 4. The van der Waals surface area contributed by atoms with Gasteiger partial charge in [0.2, 0.25) is 5.82 Å². The van der Waals surface area contributed by atoms with Crippen molar-refractivity contribution in [1.82, 2.24) is 10.1 Å². The largest absolute Gasteiger partial charge is 0.452 e. The summed E-state index contributed by atoms with van der Waals surface area (Å²) in [6.07, 6.45) is 0.125. The van der Waals surface area contributed by atoms with Gasteiger partial charge >= 0.3 is 6.08 Å². The molecular formula is C9H7ClN2O2. The molecule has 5 heteroatoms. The van der Waals surface area contributed by atoms with E-state index >= 15 is 0 Å². The van der Waals surface area contributed by atoms with E-state index in [0.29, 0.717) is 10.8 Å². The van der Waals surface area contributed by atoms with Gasteiger partial charge in [-0.15, -0.1) is 0 Å². The Morgan fingerprint density at radius 2 is 2.14 bits per heavy atom. The minimum absolute atomic E-state index is 0.125. The van der Waals surface area contributed by atoms with Gasteiger partial charge in [-0.3, -0.25) is 4.52 Å².